The van der Waals surface area contributed by atoms with Gasteiger partial charge in [-0.05, 0) is 34.5 Å². The quantitative estimate of drug-likeness (QED) is 0.846. The number of carbonyl (C=O) groups is 2. The van der Waals surface area contributed by atoms with Crippen LogP contribution in [-0.4, -0.2) is 54.4 Å². The number of amides is 1. The summed E-state index contributed by atoms with van der Waals surface area (Å²) in [5.41, 5.74) is 0. The van der Waals surface area contributed by atoms with Crippen LogP contribution in [0.5, 0.6) is 0 Å². The predicted molar refractivity (Wildman–Crippen MR) is 77.8 cm³/mol. The number of aliphatic carboxylic acids is 1. The first-order chi connectivity index (χ1) is 9.28. The van der Waals surface area contributed by atoms with Crippen molar-refractivity contribution in [3.8, 4) is 0 Å². The van der Waals surface area contributed by atoms with Crippen LogP contribution in [0, 0.1) is 0 Å². The second kappa shape index (κ2) is 5.82. The van der Waals surface area contributed by atoms with Gasteiger partial charge >= 0.3 is 5.97 Å². The first kappa shape index (κ1) is 15.5. The second-order valence-corrected chi connectivity index (χ2v) is 9.18. The molecule has 1 aromatic heterocycles. The summed E-state index contributed by atoms with van der Waals surface area (Å²) >= 11 is 4.43. The molecule has 1 atom stereocenters. The van der Waals surface area contributed by atoms with Gasteiger partial charge < -0.3 is 10.0 Å². The molecule has 1 fully saturated rings. The number of nitrogens with zero attached hydrogens (tertiary/aromatic N) is 1. The summed E-state index contributed by atoms with van der Waals surface area (Å²) in [6.45, 7) is -0.492. The van der Waals surface area contributed by atoms with E-state index in [1.54, 1.807) is 12.1 Å². The van der Waals surface area contributed by atoms with Crippen molar-refractivity contribution in [2.45, 2.75) is 12.5 Å². The Morgan fingerprint density at radius 1 is 1.45 bits per heavy atom. The molecule has 20 heavy (non-hydrogen) atoms. The molecule has 1 amide bonds. The highest BCUT2D eigenvalue weighted by atomic mass is 79.9. The van der Waals surface area contributed by atoms with Crippen LogP contribution in [0.4, 0.5) is 0 Å². The topological polar surface area (TPSA) is 91.8 Å². The van der Waals surface area contributed by atoms with E-state index < -0.39 is 34.3 Å². The summed E-state index contributed by atoms with van der Waals surface area (Å²) < 4.78 is 23.8. The molecule has 1 saturated heterocycles. The minimum absolute atomic E-state index is 0.00476. The van der Waals surface area contributed by atoms with Crippen LogP contribution in [0.1, 0.15) is 16.1 Å². The normalized spacial score (nSPS) is 20.8. The van der Waals surface area contributed by atoms with Gasteiger partial charge in [-0.2, -0.15) is 0 Å². The number of halogens is 1. The zero-order chi connectivity index (χ0) is 14.9. The number of hydrogen-bond donors (Lipinski definition) is 1. The predicted octanol–water partition coefficient (Wildman–Crippen LogP) is 1.22. The van der Waals surface area contributed by atoms with E-state index in [1.807, 2.05) is 0 Å². The monoisotopic (exact) mass is 381 g/mol. The lowest BCUT2D eigenvalue weighted by molar-refractivity contribution is -0.138. The van der Waals surface area contributed by atoms with Crippen LogP contribution in [0.2, 0.25) is 0 Å². The number of thiophene rings is 1. The Balaban J connectivity index is 2.24. The third-order valence-electron chi connectivity index (χ3n) is 3.00. The van der Waals surface area contributed by atoms with Crippen LogP contribution in [0.15, 0.2) is 15.9 Å². The summed E-state index contributed by atoms with van der Waals surface area (Å²) in [7, 11) is -3.18. The molecule has 0 spiro atoms. The molecule has 1 unspecified atom stereocenters. The molecule has 1 N–H and O–H groups in total. The molecular formula is C11H12BrNO5S2. The average Bonchev–Trinajstić information content (AvgIpc) is 2.91. The fourth-order valence-corrected chi connectivity index (χ4v) is 5.18. The van der Waals surface area contributed by atoms with Gasteiger partial charge in [-0.3, -0.25) is 9.59 Å². The van der Waals surface area contributed by atoms with Crippen LogP contribution in [0.3, 0.4) is 0 Å². The van der Waals surface area contributed by atoms with Gasteiger partial charge in [0.2, 0.25) is 0 Å². The minimum Gasteiger partial charge on any atom is -0.480 e. The summed E-state index contributed by atoms with van der Waals surface area (Å²) in [5.74, 6) is -1.77. The van der Waals surface area contributed by atoms with Gasteiger partial charge in [0.25, 0.3) is 5.91 Å². The molecular weight excluding hydrogens is 370 g/mol. The third kappa shape index (κ3) is 3.58. The standard InChI is InChI=1S/C11H12BrNO5S2/c12-9-2-1-8(19-9)11(16)13(5-10(14)15)7-3-4-20(17,18)6-7/h1-2,7H,3-6H2,(H,14,15). The van der Waals surface area contributed by atoms with E-state index in [1.165, 1.54) is 11.3 Å². The van der Waals surface area contributed by atoms with E-state index in [0.29, 0.717) is 4.88 Å². The van der Waals surface area contributed by atoms with Gasteiger partial charge in [0.05, 0.1) is 20.2 Å². The largest absolute Gasteiger partial charge is 0.480 e. The van der Waals surface area contributed by atoms with Crippen molar-refractivity contribution in [2.75, 3.05) is 18.1 Å². The molecule has 2 heterocycles. The molecule has 9 heteroatoms. The Morgan fingerprint density at radius 2 is 2.15 bits per heavy atom. The maximum absolute atomic E-state index is 12.3. The van der Waals surface area contributed by atoms with Gasteiger partial charge in [0, 0.05) is 6.04 Å². The first-order valence-electron chi connectivity index (χ1n) is 5.77. The first-order valence-corrected chi connectivity index (χ1v) is 9.20. The molecule has 6 nitrogen and oxygen atoms in total. The van der Waals surface area contributed by atoms with E-state index in [0.717, 1.165) is 8.69 Å². The minimum atomic E-state index is -3.18. The number of sulfone groups is 1. The van der Waals surface area contributed by atoms with Crippen molar-refractivity contribution < 1.29 is 23.1 Å². The smallest absolute Gasteiger partial charge is 0.323 e. The third-order valence-corrected chi connectivity index (χ3v) is 6.36. The van der Waals surface area contributed by atoms with Crippen LogP contribution in [-0.2, 0) is 14.6 Å². The fraction of sp³-hybridized carbons (Fsp3) is 0.455. The van der Waals surface area contributed by atoms with Crippen LogP contribution < -0.4 is 0 Å². The van der Waals surface area contributed by atoms with E-state index >= 15 is 0 Å². The number of rotatable bonds is 4. The van der Waals surface area contributed by atoms with Crippen molar-refractivity contribution in [3.63, 3.8) is 0 Å². The van der Waals surface area contributed by atoms with Gasteiger partial charge in [0.1, 0.15) is 6.54 Å². The molecule has 0 saturated carbocycles. The maximum atomic E-state index is 12.3. The lowest BCUT2D eigenvalue weighted by Gasteiger charge is -2.25. The van der Waals surface area contributed by atoms with E-state index in [9.17, 15) is 18.0 Å². The summed E-state index contributed by atoms with van der Waals surface area (Å²) in [4.78, 5) is 24.8. The molecule has 0 aromatic carbocycles. The number of hydrogen-bond acceptors (Lipinski definition) is 5. The maximum Gasteiger partial charge on any atom is 0.323 e. The van der Waals surface area contributed by atoms with Crippen molar-refractivity contribution in [2.24, 2.45) is 0 Å². The van der Waals surface area contributed by atoms with Gasteiger partial charge in [0.15, 0.2) is 9.84 Å². The summed E-state index contributed by atoms with van der Waals surface area (Å²) in [5, 5.41) is 8.93. The SMILES string of the molecule is O=C(O)CN(C(=O)c1ccc(Br)s1)C1CCS(=O)(=O)C1. The molecule has 0 bridgehead atoms. The fourth-order valence-electron chi connectivity index (χ4n) is 2.10. The summed E-state index contributed by atoms with van der Waals surface area (Å²) in [6.07, 6.45) is 0.286. The molecule has 0 radical (unpaired) electrons. The van der Waals surface area contributed by atoms with E-state index in [-0.39, 0.29) is 17.9 Å². The molecule has 1 aliphatic heterocycles. The van der Waals surface area contributed by atoms with Crippen molar-refractivity contribution >= 4 is 49.0 Å². The summed E-state index contributed by atoms with van der Waals surface area (Å²) in [6, 6.07) is 2.72. The highest BCUT2D eigenvalue weighted by molar-refractivity contribution is 9.11. The van der Waals surface area contributed by atoms with Gasteiger partial charge in [-0.15, -0.1) is 11.3 Å². The molecule has 2 rings (SSSR count). The molecule has 1 aliphatic rings. The number of carboxylic acid groups (broad SMARTS) is 1. The lowest BCUT2D eigenvalue weighted by atomic mass is 10.2. The molecule has 110 valence electrons. The van der Waals surface area contributed by atoms with Crippen molar-refractivity contribution in [3.05, 3.63) is 20.8 Å². The zero-order valence-corrected chi connectivity index (χ0v) is 13.5. The zero-order valence-electron chi connectivity index (χ0n) is 10.3. The Kier molecular flexibility index (Phi) is 4.50. The van der Waals surface area contributed by atoms with E-state index in [2.05, 4.69) is 15.9 Å². The van der Waals surface area contributed by atoms with Gasteiger partial charge in [-0.1, -0.05) is 0 Å². The van der Waals surface area contributed by atoms with Crippen LogP contribution >= 0.6 is 27.3 Å². The highest BCUT2D eigenvalue weighted by Gasteiger charge is 2.36. The average molecular weight is 382 g/mol. The van der Waals surface area contributed by atoms with Crippen molar-refractivity contribution in [1.82, 2.24) is 4.90 Å². The van der Waals surface area contributed by atoms with E-state index in [4.69, 9.17) is 5.11 Å². The van der Waals surface area contributed by atoms with Gasteiger partial charge in [-0.25, -0.2) is 8.42 Å². The van der Waals surface area contributed by atoms with Crippen LogP contribution in [0.25, 0.3) is 0 Å². The highest BCUT2D eigenvalue weighted by Crippen LogP contribution is 2.26. The lowest BCUT2D eigenvalue weighted by Crippen LogP contribution is -2.43. The number of carbonyl (C=O) groups excluding carboxylic acids is 1. The molecule has 0 aliphatic carbocycles. The Morgan fingerprint density at radius 3 is 2.60 bits per heavy atom. The Labute approximate surface area is 128 Å². The number of carboxylic acids is 1. The molecule has 1 aromatic rings. The van der Waals surface area contributed by atoms with Crippen molar-refractivity contribution in [1.29, 1.82) is 0 Å². The second-order valence-electron chi connectivity index (χ2n) is 4.49. The Hall–Kier alpha value is -0.930. The Bertz CT molecular complexity index is 639.